The number of halogens is 2. The van der Waals surface area contributed by atoms with Crippen molar-refractivity contribution in [1.82, 2.24) is 5.43 Å². The monoisotopic (exact) mass is 268 g/mol. The van der Waals surface area contributed by atoms with Crippen molar-refractivity contribution in [3.8, 4) is 0 Å². The molecular weight excluding hydrogens is 254 g/mol. The van der Waals surface area contributed by atoms with Gasteiger partial charge < -0.3 is 0 Å². The van der Waals surface area contributed by atoms with Crippen LogP contribution in [0.2, 0.25) is 0 Å². The van der Waals surface area contributed by atoms with Gasteiger partial charge in [0, 0.05) is 21.4 Å². The Labute approximate surface area is 108 Å². The fourth-order valence-electron chi connectivity index (χ4n) is 1.83. The number of thiophene rings is 1. The van der Waals surface area contributed by atoms with Crippen LogP contribution in [0.3, 0.4) is 0 Å². The van der Waals surface area contributed by atoms with Gasteiger partial charge in [-0.25, -0.2) is 14.2 Å². The maximum atomic E-state index is 13.8. The molecule has 1 aromatic heterocycles. The molecule has 0 radical (unpaired) electrons. The van der Waals surface area contributed by atoms with Crippen molar-refractivity contribution in [3.63, 3.8) is 0 Å². The molecule has 5 heteroatoms. The Morgan fingerprint density at radius 1 is 1.17 bits per heavy atom. The first-order chi connectivity index (χ1) is 8.52. The Balaban J connectivity index is 2.48. The number of rotatable bonds is 3. The van der Waals surface area contributed by atoms with Crippen LogP contribution in [0.5, 0.6) is 0 Å². The molecule has 0 aliphatic rings. The Bertz CT molecular complexity index is 566. The van der Waals surface area contributed by atoms with Gasteiger partial charge in [-0.1, -0.05) is 0 Å². The van der Waals surface area contributed by atoms with Crippen LogP contribution in [0.1, 0.15) is 26.9 Å². The lowest BCUT2D eigenvalue weighted by molar-refractivity contribution is 0.540. The minimum absolute atomic E-state index is 0.359. The molecule has 1 atom stereocenters. The van der Waals surface area contributed by atoms with Crippen LogP contribution >= 0.6 is 11.3 Å². The number of hydrogen-bond donors (Lipinski definition) is 2. The van der Waals surface area contributed by atoms with Crippen LogP contribution in [-0.4, -0.2) is 0 Å². The second kappa shape index (κ2) is 5.14. The van der Waals surface area contributed by atoms with Gasteiger partial charge in [0.2, 0.25) is 0 Å². The van der Waals surface area contributed by atoms with Crippen molar-refractivity contribution in [2.45, 2.75) is 19.9 Å². The van der Waals surface area contributed by atoms with Crippen LogP contribution in [0.25, 0.3) is 0 Å². The predicted molar refractivity (Wildman–Crippen MR) is 69.3 cm³/mol. The van der Waals surface area contributed by atoms with Crippen LogP contribution in [-0.2, 0) is 0 Å². The molecule has 0 saturated carbocycles. The number of nitrogens with two attached hydrogens (primary N) is 1. The zero-order valence-corrected chi connectivity index (χ0v) is 10.9. The van der Waals surface area contributed by atoms with E-state index in [-0.39, 0.29) is 0 Å². The lowest BCUT2D eigenvalue weighted by Crippen LogP contribution is -2.29. The molecule has 0 aliphatic heterocycles. The minimum Gasteiger partial charge on any atom is -0.271 e. The second-order valence-electron chi connectivity index (χ2n) is 4.17. The summed E-state index contributed by atoms with van der Waals surface area (Å²) in [5.74, 6) is 4.36. The summed E-state index contributed by atoms with van der Waals surface area (Å²) >= 11 is 1.53. The van der Waals surface area contributed by atoms with Crippen molar-refractivity contribution in [3.05, 3.63) is 56.8 Å². The molecular formula is C13H14F2N2S. The number of nitrogens with one attached hydrogen (secondary N) is 1. The van der Waals surface area contributed by atoms with E-state index in [2.05, 4.69) is 5.43 Å². The third-order valence-corrected chi connectivity index (χ3v) is 3.87. The normalized spacial score (nSPS) is 12.7. The minimum atomic E-state index is -0.591. The molecule has 2 rings (SSSR count). The SMILES string of the molecule is Cc1ccc(C(NN)c2cc(C)c(F)cc2F)s1. The average Bonchev–Trinajstić information content (AvgIpc) is 2.73. The third kappa shape index (κ3) is 2.43. The highest BCUT2D eigenvalue weighted by molar-refractivity contribution is 7.12. The Morgan fingerprint density at radius 2 is 1.89 bits per heavy atom. The van der Waals surface area contributed by atoms with Gasteiger partial charge in [0.15, 0.2) is 0 Å². The summed E-state index contributed by atoms with van der Waals surface area (Å²) in [6.45, 7) is 3.57. The van der Waals surface area contributed by atoms with Gasteiger partial charge in [-0.05, 0) is 37.6 Å². The summed E-state index contributed by atoms with van der Waals surface area (Å²) in [6, 6.07) is 5.77. The predicted octanol–water partition coefficient (Wildman–Crippen LogP) is 3.20. The van der Waals surface area contributed by atoms with Crippen LogP contribution < -0.4 is 11.3 Å². The van der Waals surface area contributed by atoms with Gasteiger partial charge in [-0.2, -0.15) is 0 Å². The average molecular weight is 268 g/mol. The van der Waals surface area contributed by atoms with Crippen LogP contribution in [0, 0.1) is 25.5 Å². The molecule has 2 nitrogen and oxygen atoms in total. The van der Waals surface area contributed by atoms with Gasteiger partial charge in [-0.15, -0.1) is 11.3 Å². The summed E-state index contributed by atoms with van der Waals surface area (Å²) in [5, 5.41) is 0. The first kappa shape index (κ1) is 13.1. The summed E-state index contributed by atoms with van der Waals surface area (Å²) < 4.78 is 27.1. The molecule has 0 bridgehead atoms. The Morgan fingerprint density at radius 3 is 2.44 bits per heavy atom. The Kier molecular flexibility index (Phi) is 3.75. The third-order valence-electron chi connectivity index (χ3n) is 2.80. The van der Waals surface area contributed by atoms with Crippen molar-refractivity contribution in [1.29, 1.82) is 0 Å². The molecule has 2 aromatic rings. The summed E-state index contributed by atoms with van der Waals surface area (Å²) in [5.41, 5.74) is 3.35. The number of aryl methyl sites for hydroxylation is 2. The summed E-state index contributed by atoms with van der Waals surface area (Å²) in [6.07, 6.45) is 0. The first-order valence-electron chi connectivity index (χ1n) is 5.51. The van der Waals surface area contributed by atoms with Crippen molar-refractivity contribution >= 4 is 11.3 Å². The van der Waals surface area contributed by atoms with Gasteiger partial charge in [0.05, 0.1) is 6.04 Å². The highest BCUT2D eigenvalue weighted by atomic mass is 32.1. The fraction of sp³-hybridized carbons (Fsp3) is 0.231. The lowest BCUT2D eigenvalue weighted by Gasteiger charge is -2.16. The maximum Gasteiger partial charge on any atom is 0.131 e. The van der Waals surface area contributed by atoms with Crippen LogP contribution in [0.4, 0.5) is 8.78 Å². The Hall–Kier alpha value is -1.30. The lowest BCUT2D eigenvalue weighted by atomic mass is 10.0. The summed E-state index contributed by atoms with van der Waals surface area (Å²) in [4.78, 5) is 2.02. The fourth-order valence-corrected chi connectivity index (χ4v) is 2.79. The smallest absolute Gasteiger partial charge is 0.131 e. The number of hydrogen-bond acceptors (Lipinski definition) is 3. The molecule has 18 heavy (non-hydrogen) atoms. The largest absolute Gasteiger partial charge is 0.271 e. The summed E-state index contributed by atoms with van der Waals surface area (Å²) in [7, 11) is 0. The van der Waals surface area contributed by atoms with Crippen LogP contribution in [0.15, 0.2) is 24.3 Å². The van der Waals surface area contributed by atoms with E-state index in [4.69, 9.17) is 5.84 Å². The molecule has 1 aromatic carbocycles. The highest BCUT2D eigenvalue weighted by Crippen LogP contribution is 2.30. The van der Waals surface area contributed by atoms with E-state index in [1.807, 2.05) is 19.1 Å². The topological polar surface area (TPSA) is 38.0 Å². The number of benzene rings is 1. The molecule has 3 N–H and O–H groups in total. The molecule has 1 unspecified atom stereocenters. The van der Waals surface area contributed by atoms with E-state index in [0.717, 1.165) is 15.8 Å². The van der Waals surface area contributed by atoms with Gasteiger partial charge in [-0.3, -0.25) is 5.84 Å². The van der Waals surface area contributed by atoms with E-state index in [9.17, 15) is 8.78 Å². The van der Waals surface area contributed by atoms with E-state index < -0.39 is 17.7 Å². The highest BCUT2D eigenvalue weighted by Gasteiger charge is 2.19. The second-order valence-corrected chi connectivity index (χ2v) is 5.49. The molecule has 0 amide bonds. The maximum absolute atomic E-state index is 13.8. The standard InChI is InChI=1S/C13H14F2N2S/c1-7-5-9(11(15)6-10(7)14)13(17-16)12-4-3-8(2)18-12/h3-6,13,17H,16H2,1-2H3. The van der Waals surface area contributed by atoms with Crippen molar-refractivity contribution < 1.29 is 8.78 Å². The number of hydrazine groups is 1. The van der Waals surface area contributed by atoms with E-state index in [0.29, 0.717) is 11.1 Å². The van der Waals surface area contributed by atoms with E-state index >= 15 is 0 Å². The molecule has 0 saturated heterocycles. The first-order valence-corrected chi connectivity index (χ1v) is 6.32. The van der Waals surface area contributed by atoms with Gasteiger partial charge >= 0.3 is 0 Å². The zero-order chi connectivity index (χ0) is 13.3. The quantitative estimate of drug-likeness (QED) is 0.662. The van der Waals surface area contributed by atoms with Crippen molar-refractivity contribution in [2.75, 3.05) is 0 Å². The molecule has 0 fully saturated rings. The van der Waals surface area contributed by atoms with Gasteiger partial charge in [0.1, 0.15) is 11.6 Å². The van der Waals surface area contributed by atoms with E-state index in [1.165, 1.54) is 17.4 Å². The van der Waals surface area contributed by atoms with Gasteiger partial charge in [0.25, 0.3) is 0 Å². The van der Waals surface area contributed by atoms with E-state index in [1.54, 1.807) is 6.92 Å². The molecule has 96 valence electrons. The zero-order valence-electron chi connectivity index (χ0n) is 10.1. The van der Waals surface area contributed by atoms with Crippen molar-refractivity contribution in [2.24, 2.45) is 5.84 Å². The molecule has 0 spiro atoms. The molecule has 1 heterocycles. The molecule has 0 aliphatic carbocycles.